The van der Waals surface area contributed by atoms with E-state index in [1.807, 2.05) is 23.2 Å². The topological polar surface area (TPSA) is 91.5 Å². The first-order valence-corrected chi connectivity index (χ1v) is 14.0. The van der Waals surface area contributed by atoms with Gasteiger partial charge in [-0.25, -0.2) is 4.39 Å². The number of benzene rings is 3. The van der Waals surface area contributed by atoms with Gasteiger partial charge in [0.2, 0.25) is 0 Å². The Labute approximate surface area is 222 Å². The Hall–Kier alpha value is -3.38. The van der Waals surface area contributed by atoms with Gasteiger partial charge in [-0.1, -0.05) is 41.0 Å². The number of aryl methyl sites for hydroxylation is 1. The predicted molar refractivity (Wildman–Crippen MR) is 144 cm³/mol. The zero-order chi connectivity index (χ0) is 26.1. The molecule has 1 amide bonds. The molecule has 0 spiro atoms. The number of nitriles is 1. The molecule has 1 heterocycles. The van der Waals surface area contributed by atoms with E-state index in [-0.39, 0.29) is 23.7 Å². The molecular weight excluding hydrogens is 511 g/mol. The van der Waals surface area contributed by atoms with Gasteiger partial charge in [-0.15, -0.1) is 0 Å². The molecule has 6 nitrogen and oxygen atoms in total. The van der Waals surface area contributed by atoms with Crippen molar-refractivity contribution >= 4 is 40.1 Å². The summed E-state index contributed by atoms with van der Waals surface area (Å²) in [4.78, 5) is 12.6. The van der Waals surface area contributed by atoms with Crippen molar-refractivity contribution in [1.82, 2.24) is 5.32 Å². The van der Waals surface area contributed by atoms with Crippen LogP contribution in [0.25, 0.3) is 0 Å². The highest BCUT2D eigenvalue weighted by molar-refractivity contribution is 7.90. The maximum absolute atomic E-state index is 13.7. The van der Waals surface area contributed by atoms with E-state index < -0.39 is 11.2 Å². The molecule has 0 aromatic heterocycles. The summed E-state index contributed by atoms with van der Waals surface area (Å²) in [7, 11) is 0. The first kappa shape index (κ1) is 25.3. The molecule has 188 valence electrons. The molecule has 5 rings (SSSR count). The van der Waals surface area contributed by atoms with E-state index in [2.05, 4.69) is 11.4 Å². The number of carbonyl (C=O) groups excluding carboxylic acids is 1. The summed E-state index contributed by atoms with van der Waals surface area (Å²) >= 11 is 5.39. The van der Waals surface area contributed by atoms with Gasteiger partial charge < -0.3 is 9.87 Å². The van der Waals surface area contributed by atoms with E-state index in [1.54, 1.807) is 36.6 Å². The fourth-order valence-electron chi connectivity index (χ4n) is 5.02. The average Bonchev–Trinajstić information content (AvgIpc) is 3.28. The number of hydrogen-bond donors (Lipinski definition) is 1. The molecule has 0 fully saturated rings. The monoisotopic (exact) mass is 534 g/mol. The number of halogens is 2. The quantitative estimate of drug-likeness (QED) is 0.451. The average molecular weight is 535 g/mol. The van der Waals surface area contributed by atoms with Crippen molar-refractivity contribution in [2.75, 3.05) is 23.6 Å². The predicted octanol–water partition coefficient (Wildman–Crippen LogP) is 4.99. The van der Waals surface area contributed by atoms with Gasteiger partial charge in [0.1, 0.15) is 17.6 Å². The molecule has 0 saturated carbocycles. The fraction of sp³-hybridized carbons (Fsp3) is 0.250. The summed E-state index contributed by atoms with van der Waals surface area (Å²) in [5.74, 6) is -0.0380. The summed E-state index contributed by atoms with van der Waals surface area (Å²) in [5, 5.41) is 19.4. The molecule has 2 aliphatic rings. The van der Waals surface area contributed by atoms with Gasteiger partial charge >= 0.3 is 0 Å². The molecule has 0 saturated heterocycles. The Morgan fingerprint density at radius 1 is 1.24 bits per heavy atom. The number of carbonyl (C=O) groups is 1. The molecule has 1 aliphatic heterocycles. The number of fused-ring (bicyclic) bond motifs is 3. The SMILES string of the molecule is C[S+]([O-])CCNC(=O)c1ccc2c(c1)CC[C@H]1C2=NN(c2ccc(C#N)c(Cl)c2)[C@H]1c1ccc(F)cc1. The molecule has 37 heavy (non-hydrogen) atoms. The highest BCUT2D eigenvalue weighted by Crippen LogP contribution is 2.46. The van der Waals surface area contributed by atoms with Gasteiger partial charge in [-0.2, -0.15) is 10.4 Å². The summed E-state index contributed by atoms with van der Waals surface area (Å²) in [6, 6.07) is 19.2. The van der Waals surface area contributed by atoms with Gasteiger partial charge in [0.15, 0.2) is 0 Å². The zero-order valence-electron chi connectivity index (χ0n) is 20.1. The van der Waals surface area contributed by atoms with Crippen LogP contribution in [-0.2, 0) is 17.6 Å². The summed E-state index contributed by atoms with van der Waals surface area (Å²) in [6.07, 6.45) is 3.17. The van der Waals surface area contributed by atoms with Crippen LogP contribution in [-0.4, -0.2) is 34.7 Å². The third-order valence-electron chi connectivity index (χ3n) is 6.80. The molecule has 3 aromatic rings. The van der Waals surface area contributed by atoms with E-state index >= 15 is 0 Å². The lowest BCUT2D eigenvalue weighted by Gasteiger charge is -2.31. The van der Waals surface area contributed by atoms with Crippen LogP contribution in [0.15, 0.2) is 65.8 Å². The third-order valence-corrected chi connectivity index (χ3v) is 7.90. The van der Waals surface area contributed by atoms with Crippen LogP contribution in [0.3, 0.4) is 0 Å². The van der Waals surface area contributed by atoms with Gasteiger partial charge in [0.05, 0.1) is 40.8 Å². The Balaban J connectivity index is 1.51. The number of nitrogens with zero attached hydrogens (tertiary/aromatic N) is 3. The Kier molecular flexibility index (Phi) is 7.20. The maximum Gasteiger partial charge on any atom is 0.251 e. The van der Waals surface area contributed by atoms with Crippen molar-refractivity contribution in [3.63, 3.8) is 0 Å². The van der Waals surface area contributed by atoms with Crippen LogP contribution in [0.2, 0.25) is 5.02 Å². The second-order valence-electron chi connectivity index (χ2n) is 9.15. The number of nitrogens with one attached hydrogen (secondary N) is 1. The molecule has 1 unspecified atom stereocenters. The molecule has 9 heteroatoms. The van der Waals surface area contributed by atoms with Crippen molar-refractivity contribution in [1.29, 1.82) is 5.26 Å². The normalized spacial score (nSPS) is 18.9. The lowest BCUT2D eigenvalue weighted by Crippen LogP contribution is -2.30. The standard InChI is InChI=1S/C28H24ClFN4O2S/c1-37(36)13-12-32-28(35)19-6-10-23-18(14-19)5-11-24-26(23)33-34(22-9-4-20(16-31)25(29)15-22)27(24)17-2-7-21(30)8-3-17/h2-4,6-10,14-15,24,27H,5,11-13H2,1H3,(H,32,35)/t24-,27-,37?/m0/s1. The first-order valence-electron chi connectivity index (χ1n) is 11.9. The number of anilines is 1. The molecule has 3 aromatic carbocycles. The largest absolute Gasteiger partial charge is 0.617 e. The Morgan fingerprint density at radius 2 is 2.03 bits per heavy atom. The third kappa shape index (κ3) is 5.08. The summed E-state index contributed by atoms with van der Waals surface area (Å²) in [6.45, 7) is 0.356. The van der Waals surface area contributed by atoms with Crippen molar-refractivity contribution in [3.8, 4) is 6.07 Å². The minimum Gasteiger partial charge on any atom is -0.617 e. The summed E-state index contributed by atoms with van der Waals surface area (Å²) < 4.78 is 25.0. The van der Waals surface area contributed by atoms with E-state index in [4.69, 9.17) is 16.7 Å². The van der Waals surface area contributed by atoms with Crippen LogP contribution in [0, 0.1) is 23.1 Å². The number of hydrogen-bond acceptors (Lipinski definition) is 5. The molecule has 0 bridgehead atoms. The van der Waals surface area contributed by atoms with Crippen LogP contribution in [0.4, 0.5) is 10.1 Å². The van der Waals surface area contributed by atoms with E-state index in [9.17, 15) is 19.0 Å². The molecule has 3 atom stereocenters. The Bertz CT molecular complexity index is 1420. The minimum atomic E-state index is -0.967. The van der Waals surface area contributed by atoms with E-state index in [0.717, 1.165) is 40.9 Å². The van der Waals surface area contributed by atoms with Gasteiger partial charge in [-0.05, 0) is 66.4 Å². The van der Waals surface area contributed by atoms with Crippen molar-refractivity contribution < 1.29 is 13.7 Å². The highest BCUT2D eigenvalue weighted by Gasteiger charge is 2.42. The Morgan fingerprint density at radius 3 is 2.73 bits per heavy atom. The van der Waals surface area contributed by atoms with Crippen molar-refractivity contribution in [3.05, 3.63) is 99.3 Å². The van der Waals surface area contributed by atoms with Crippen LogP contribution >= 0.6 is 11.6 Å². The number of hydrazone groups is 1. The van der Waals surface area contributed by atoms with E-state index in [1.165, 1.54) is 12.1 Å². The van der Waals surface area contributed by atoms with Gasteiger partial charge in [-0.3, -0.25) is 9.80 Å². The summed E-state index contributed by atoms with van der Waals surface area (Å²) in [5.41, 5.74) is 5.54. The van der Waals surface area contributed by atoms with Crippen LogP contribution < -0.4 is 10.3 Å². The van der Waals surface area contributed by atoms with Gasteiger partial charge in [0.25, 0.3) is 5.91 Å². The second-order valence-corrected chi connectivity index (χ2v) is 11.1. The number of rotatable bonds is 6. The molecular formula is C28H24ClFN4O2S. The minimum absolute atomic E-state index is 0.0478. The van der Waals surface area contributed by atoms with Gasteiger partial charge in [0, 0.05) is 17.0 Å². The highest BCUT2D eigenvalue weighted by atomic mass is 35.5. The van der Waals surface area contributed by atoms with Crippen LogP contribution in [0.5, 0.6) is 0 Å². The smallest absolute Gasteiger partial charge is 0.251 e. The number of amides is 1. The first-order chi connectivity index (χ1) is 17.9. The van der Waals surface area contributed by atoms with Crippen molar-refractivity contribution in [2.45, 2.75) is 18.9 Å². The van der Waals surface area contributed by atoms with Crippen molar-refractivity contribution in [2.24, 2.45) is 11.0 Å². The lowest BCUT2D eigenvalue weighted by atomic mass is 9.77. The van der Waals surface area contributed by atoms with E-state index in [0.29, 0.717) is 28.4 Å². The molecule has 0 radical (unpaired) electrons. The molecule has 1 N–H and O–H groups in total. The molecule has 1 aliphatic carbocycles. The lowest BCUT2D eigenvalue weighted by molar-refractivity contribution is 0.0956. The second kappa shape index (κ2) is 10.5. The maximum atomic E-state index is 13.7. The zero-order valence-corrected chi connectivity index (χ0v) is 21.7. The van der Waals surface area contributed by atoms with Crippen LogP contribution in [0.1, 0.15) is 45.1 Å². The fourth-order valence-corrected chi connectivity index (χ4v) is 5.63.